The number of rotatable bonds is 0. The second-order valence-electron chi connectivity index (χ2n) is 3.71. The van der Waals surface area contributed by atoms with Gasteiger partial charge in [-0.1, -0.05) is 12.1 Å². The lowest BCUT2D eigenvalue weighted by Crippen LogP contribution is -1.95. The van der Waals surface area contributed by atoms with Gasteiger partial charge >= 0.3 is 0 Å². The van der Waals surface area contributed by atoms with Crippen LogP contribution in [0, 0.1) is 11.6 Å². The van der Waals surface area contributed by atoms with Crippen molar-refractivity contribution < 1.29 is 13.6 Å². The third-order valence-corrected chi connectivity index (χ3v) is 2.74. The molecular formula is C13H6F2O. The molecule has 0 spiro atoms. The van der Waals surface area contributed by atoms with Crippen molar-refractivity contribution in [3.63, 3.8) is 0 Å². The third kappa shape index (κ3) is 1.11. The first-order valence-electron chi connectivity index (χ1n) is 4.81. The highest BCUT2D eigenvalue weighted by molar-refractivity contribution is 6.21. The molecule has 0 aromatic heterocycles. The number of benzene rings is 2. The lowest BCUT2D eigenvalue weighted by atomic mass is 10.1. The Morgan fingerprint density at radius 2 is 1.12 bits per heavy atom. The summed E-state index contributed by atoms with van der Waals surface area (Å²) in [5.74, 6) is -1.23. The second-order valence-corrected chi connectivity index (χ2v) is 3.71. The van der Waals surface area contributed by atoms with E-state index in [1.54, 1.807) is 12.1 Å². The minimum absolute atomic E-state index is 0.306. The first-order chi connectivity index (χ1) is 7.66. The summed E-state index contributed by atoms with van der Waals surface area (Å²) in [6.45, 7) is 0. The normalized spacial score (nSPS) is 12.5. The minimum atomic E-state index is -0.458. The topological polar surface area (TPSA) is 17.1 Å². The average Bonchev–Trinajstić information content (AvgIpc) is 2.53. The van der Waals surface area contributed by atoms with Gasteiger partial charge in [-0.05, 0) is 35.4 Å². The van der Waals surface area contributed by atoms with Gasteiger partial charge in [-0.25, -0.2) is 8.78 Å². The van der Waals surface area contributed by atoms with E-state index in [2.05, 4.69) is 0 Å². The van der Waals surface area contributed by atoms with Crippen molar-refractivity contribution in [2.24, 2.45) is 0 Å². The third-order valence-electron chi connectivity index (χ3n) is 2.74. The van der Waals surface area contributed by atoms with E-state index in [1.807, 2.05) is 0 Å². The fraction of sp³-hybridized carbons (Fsp3) is 0. The van der Waals surface area contributed by atoms with Gasteiger partial charge in [0.25, 0.3) is 0 Å². The van der Waals surface area contributed by atoms with Crippen molar-refractivity contribution in [2.45, 2.75) is 0 Å². The van der Waals surface area contributed by atoms with Crippen LogP contribution in [0.5, 0.6) is 0 Å². The van der Waals surface area contributed by atoms with E-state index in [1.165, 1.54) is 24.3 Å². The number of carbonyl (C=O) groups excluding carboxylic acids is 1. The van der Waals surface area contributed by atoms with Crippen LogP contribution >= 0.6 is 0 Å². The van der Waals surface area contributed by atoms with E-state index < -0.39 is 11.6 Å². The molecule has 3 heteroatoms. The monoisotopic (exact) mass is 216 g/mol. The molecule has 0 aliphatic heterocycles. The van der Waals surface area contributed by atoms with Gasteiger partial charge in [0.05, 0.1) is 0 Å². The first-order valence-corrected chi connectivity index (χ1v) is 4.81. The Labute approximate surface area is 90.3 Å². The van der Waals surface area contributed by atoms with Crippen LogP contribution in [0.1, 0.15) is 15.9 Å². The molecule has 0 saturated carbocycles. The molecule has 1 nitrogen and oxygen atoms in total. The Kier molecular flexibility index (Phi) is 1.72. The van der Waals surface area contributed by atoms with Crippen molar-refractivity contribution in [2.75, 3.05) is 0 Å². The summed E-state index contributed by atoms with van der Waals surface area (Å²) < 4.78 is 26.0. The largest absolute Gasteiger partial charge is 0.289 e. The summed E-state index contributed by atoms with van der Waals surface area (Å²) in [7, 11) is 0. The molecule has 0 unspecified atom stereocenters. The molecule has 0 N–H and O–H groups in total. The molecule has 3 rings (SSSR count). The van der Waals surface area contributed by atoms with Crippen molar-refractivity contribution in [3.05, 3.63) is 59.2 Å². The number of ketones is 1. The van der Waals surface area contributed by atoms with Crippen molar-refractivity contribution >= 4 is 5.78 Å². The fourth-order valence-electron chi connectivity index (χ4n) is 2.02. The Bertz CT molecular complexity index is 564. The molecule has 1 aliphatic carbocycles. The maximum absolute atomic E-state index is 13.0. The summed E-state index contributed by atoms with van der Waals surface area (Å²) in [6.07, 6.45) is 0. The van der Waals surface area contributed by atoms with E-state index in [4.69, 9.17) is 0 Å². The Morgan fingerprint density at radius 1 is 0.688 bits per heavy atom. The maximum Gasteiger partial charge on any atom is 0.194 e. The number of carbonyl (C=O) groups is 1. The number of halogens is 2. The minimum Gasteiger partial charge on any atom is -0.289 e. The molecule has 0 amide bonds. The molecule has 0 bridgehead atoms. The fourth-order valence-corrected chi connectivity index (χ4v) is 2.02. The van der Waals surface area contributed by atoms with Gasteiger partial charge in [-0.2, -0.15) is 0 Å². The average molecular weight is 216 g/mol. The van der Waals surface area contributed by atoms with Gasteiger partial charge in [0.2, 0.25) is 0 Å². The zero-order chi connectivity index (χ0) is 11.3. The van der Waals surface area contributed by atoms with E-state index in [9.17, 15) is 13.6 Å². The summed E-state index contributed by atoms with van der Waals surface area (Å²) in [4.78, 5) is 11.9. The second kappa shape index (κ2) is 2.98. The van der Waals surface area contributed by atoms with Crippen LogP contribution in [0.15, 0.2) is 36.4 Å². The molecule has 0 heterocycles. The maximum atomic E-state index is 13.0. The molecule has 1 aliphatic rings. The molecular weight excluding hydrogens is 210 g/mol. The smallest absolute Gasteiger partial charge is 0.194 e. The molecule has 0 saturated heterocycles. The number of hydrogen-bond acceptors (Lipinski definition) is 1. The van der Waals surface area contributed by atoms with Gasteiger partial charge in [-0.3, -0.25) is 4.79 Å². The highest BCUT2D eigenvalue weighted by Gasteiger charge is 2.27. The molecule has 2 aromatic carbocycles. The molecule has 78 valence electrons. The Morgan fingerprint density at radius 3 is 1.56 bits per heavy atom. The van der Waals surface area contributed by atoms with Gasteiger partial charge < -0.3 is 0 Å². The van der Waals surface area contributed by atoms with Crippen LogP contribution in [-0.4, -0.2) is 5.78 Å². The molecule has 0 radical (unpaired) electrons. The highest BCUT2D eigenvalue weighted by Crippen LogP contribution is 2.36. The summed E-state index contributed by atoms with van der Waals surface area (Å²) >= 11 is 0. The van der Waals surface area contributed by atoms with Crippen LogP contribution in [-0.2, 0) is 0 Å². The van der Waals surface area contributed by atoms with Gasteiger partial charge in [0.1, 0.15) is 11.6 Å². The van der Waals surface area contributed by atoms with Crippen LogP contribution in [0.25, 0.3) is 11.1 Å². The van der Waals surface area contributed by atoms with Crippen LogP contribution < -0.4 is 0 Å². The molecule has 0 atom stereocenters. The van der Waals surface area contributed by atoms with Crippen molar-refractivity contribution in [3.8, 4) is 11.1 Å². The zero-order valence-corrected chi connectivity index (χ0v) is 8.13. The lowest BCUT2D eigenvalue weighted by molar-refractivity contribution is 0.104. The SMILES string of the molecule is O=C1c2cc(F)ccc2-c2ccc(F)cc21. The van der Waals surface area contributed by atoms with E-state index >= 15 is 0 Å². The van der Waals surface area contributed by atoms with E-state index in [-0.39, 0.29) is 5.78 Å². The predicted octanol–water partition coefficient (Wildman–Crippen LogP) is 3.18. The number of fused-ring (bicyclic) bond motifs is 3. The van der Waals surface area contributed by atoms with Crippen LogP contribution in [0.4, 0.5) is 8.78 Å². The lowest BCUT2D eigenvalue weighted by Gasteiger charge is -1.98. The summed E-state index contributed by atoms with van der Waals surface area (Å²) in [6, 6.07) is 8.07. The van der Waals surface area contributed by atoms with E-state index in [0.29, 0.717) is 22.3 Å². The molecule has 16 heavy (non-hydrogen) atoms. The quantitative estimate of drug-likeness (QED) is 0.564. The van der Waals surface area contributed by atoms with Gasteiger partial charge in [0, 0.05) is 11.1 Å². The molecule has 2 aromatic rings. The molecule has 0 fully saturated rings. The van der Waals surface area contributed by atoms with Crippen LogP contribution in [0.3, 0.4) is 0 Å². The van der Waals surface area contributed by atoms with Gasteiger partial charge in [0.15, 0.2) is 5.78 Å². The highest BCUT2D eigenvalue weighted by atomic mass is 19.1. The van der Waals surface area contributed by atoms with E-state index in [0.717, 1.165) is 0 Å². The summed E-state index contributed by atoms with van der Waals surface area (Å²) in [5.41, 5.74) is 1.95. The van der Waals surface area contributed by atoms with Crippen molar-refractivity contribution in [1.29, 1.82) is 0 Å². The van der Waals surface area contributed by atoms with Crippen LogP contribution in [0.2, 0.25) is 0 Å². The summed E-state index contributed by atoms with van der Waals surface area (Å²) in [5, 5.41) is 0. The predicted molar refractivity (Wildman–Crippen MR) is 55.2 cm³/mol. The van der Waals surface area contributed by atoms with Crippen molar-refractivity contribution in [1.82, 2.24) is 0 Å². The Balaban J connectivity index is 2.34. The zero-order valence-electron chi connectivity index (χ0n) is 8.13. The first kappa shape index (κ1) is 9.21. The Hall–Kier alpha value is -2.03. The standard InChI is InChI=1S/C13H6F2O/c14-7-1-3-9-10-4-2-8(15)6-12(10)13(16)11(9)5-7/h1-6H. The number of hydrogen-bond donors (Lipinski definition) is 0. The van der Waals surface area contributed by atoms with Gasteiger partial charge in [-0.15, -0.1) is 0 Å².